The van der Waals surface area contributed by atoms with Gasteiger partial charge >= 0.3 is 11.7 Å². The second-order valence-corrected chi connectivity index (χ2v) is 7.08. The summed E-state index contributed by atoms with van der Waals surface area (Å²) in [4.78, 5) is 35.6. The molecule has 0 aliphatic heterocycles. The highest BCUT2D eigenvalue weighted by Crippen LogP contribution is 2.29. The molecule has 9 nitrogen and oxygen atoms in total. The van der Waals surface area contributed by atoms with Gasteiger partial charge < -0.3 is 19.2 Å². The van der Waals surface area contributed by atoms with Crippen molar-refractivity contribution in [1.82, 2.24) is 0 Å². The first kappa shape index (κ1) is 20.1. The van der Waals surface area contributed by atoms with E-state index in [4.69, 9.17) is 13.9 Å². The molecule has 29 heavy (non-hydrogen) atoms. The third kappa shape index (κ3) is 4.61. The normalized spacial score (nSPS) is 10.4. The lowest BCUT2D eigenvalue weighted by Gasteiger charge is -2.05. The van der Waals surface area contributed by atoms with Gasteiger partial charge in [-0.3, -0.25) is 14.9 Å². The number of furan rings is 1. The van der Waals surface area contributed by atoms with Crippen molar-refractivity contribution < 1.29 is 28.4 Å². The van der Waals surface area contributed by atoms with E-state index in [1.165, 1.54) is 48.8 Å². The van der Waals surface area contributed by atoms with E-state index in [9.17, 15) is 19.7 Å². The van der Waals surface area contributed by atoms with Crippen molar-refractivity contribution in [2.45, 2.75) is 13.5 Å². The van der Waals surface area contributed by atoms with Gasteiger partial charge in [0, 0.05) is 10.9 Å². The van der Waals surface area contributed by atoms with Crippen LogP contribution in [-0.4, -0.2) is 23.9 Å². The molecule has 0 aliphatic rings. The minimum atomic E-state index is -0.553. The number of anilines is 1. The number of ether oxygens (including phenoxy) is 2. The number of nitrogens with one attached hydrogen (secondary N) is 1. The van der Waals surface area contributed by atoms with Gasteiger partial charge in [-0.25, -0.2) is 4.79 Å². The van der Waals surface area contributed by atoms with Gasteiger partial charge in [0.05, 0.1) is 17.6 Å². The SMILES string of the molecule is COC(=O)c1cc(C)sc1NC(=O)c1ccc(COc2ccccc2[N+](=O)[O-])o1. The summed E-state index contributed by atoms with van der Waals surface area (Å²) < 4.78 is 15.6. The fraction of sp³-hybridized carbons (Fsp3) is 0.158. The predicted octanol–water partition coefficient (Wildman–Crippen LogP) is 4.18. The number of nitro groups is 1. The number of methoxy groups -OCH3 is 1. The largest absolute Gasteiger partial charge is 0.479 e. The Labute approximate surface area is 169 Å². The fourth-order valence-electron chi connectivity index (χ4n) is 2.49. The maximum Gasteiger partial charge on any atom is 0.340 e. The molecule has 0 bridgehead atoms. The van der Waals surface area contributed by atoms with Gasteiger partial charge in [-0.2, -0.15) is 0 Å². The summed E-state index contributed by atoms with van der Waals surface area (Å²) in [7, 11) is 1.26. The molecule has 0 fully saturated rings. The number of para-hydroxylation sites is 2. The van der Waals surface area contributed by atoms with Crippen LogP contribution in [0.1, 0.15) is 31.6 Å². The average molecular weight is 416 g/mol. The van der Waals surface area contributed by atoms with Crippen molar-refractivity contribution in [2.75, 3.05) is 12.4 Å². The van der Waals surface area contributed by atoms with Crippen molar-refractivity contribution in [3.63, 3.8) is 0 Å². The maximum atomic E-state index is 12.4. The van der Waals surface area contributed by atoms with Gasteiger partial charge in [0.25, 0.3) is 5.91 Å². The van der Waals surface area contributed by atoms with Crippen LogP contribution in [0.2, 0.25) is 0 Å². The Morgan fingerprint density at radius 3 is 2.72 bits per heavy atom. The highest BCUT2D eigenvalue weighted by molar-refractivity contribution is 7.16. The Morgan fingerprint density at radius 2 is 2.00 bits per heavy atom. The van der Waals surface area contributed by atoms with Gasteiger partial charge in [0.15, 0.2) is 11.5 Å². The number of rotatable bonds is 7. The molecule has 0 spiro atoms. The van der Waals surface area contributed by atoms with E-state index in [0.29, 0.717) is 10.8 Å². The number of benzene rings is 1. The summed E-state index contributed by atoms with van der Waals surface area (Å²) in [6, 6.07) is 10.6. The number of amides is 1. The van der Waals surface area contributed by atoms with Crippen LogP contribution in [0.4, 0.5) is 10.7 Å². The predicted molar refractivity (Wildman–Crippen MR) is 104 cm³/mol. The molecule has 2 heterocycles. The molecule has 10 heteroatoms. The van der Waals surface area contributed by atoms with E-state index in [-0.39, 0.29) is 29.4 Å². The zero-order chi connectivity index (χ0) is 21.0. The number of esters is 1. The van der Waals surface area contributed by atoms with Gasteiger partial charge in [-0.15, -0.1) is 11.3 Å². The Kier molecular flexibility index (Phi) is 5.93. The van der Waals surface area contributed by atoms with E-state index in [1.54, 1.807) is 19.1 Å². The average Bonchev–Trinajstić information content (AvgIpc) is 3.32. The summed E-state index contributed by atoms with van der Waals surface area (Å²) >= 11 is 1.24. The van der Waals surface area contributed by atoms with Crippen LogP contribution in [0.25, 0.3) is 0 Å². The lowest BCUT2D eigenvalue weighted by Crippen LogP contribution is -2.13. The highest BCUT2D eigenvalue weighted by atomic mass is 32.1. The molecular formula is C19H16N2O7S. The molecule has 1 N–H and O–H groups in total. The van der Waals surface area contributed by atoms with E-state index < -0.39 is 16.8 Å². The minimum Gasteiger partial charge on any atom is -0.479 e. The lowest BCUT2D eigenvalue weighted by atomic mass is 10.3. The number of thiophene rings is 1. The van der Waals surface area contributed by atoms with Crippen LogP contribution in [-0.2, 0) is 11.3 Å². The standard InChI is InChI=1S/C19H16N2O7S/c1-11-9-13(19(23)26-2)18(29-11)20-17(22)16-8-7-12(28-16)10-27-15-6-4-3-5-14(15)21(24)25/h3-9H,10H2,1-2H3,(H,20,22). The van der Waals surface area contributed by atoms with E-state index in [1.807, 2.05) is 0 Å². The maximum absolute atomic E-state index is 12.4. The lowest BCUT2D eigenvalue weighted by molar-refractivity contribution is -0.386. The summed E-state index contributed by atoms with van der Waals surface area (Å²) in [5.74, 6) is -0.690. The Bertz CT molecular complexity index is 1070. The van der Waals surface area contributed by atoms with E-state index in [2.05, 4.69) is 5.32 Å². The number of nitrogens with zero attached hydrogens (tertiary/aromatic N) is 1. The van der Waals surface area contributed by atoms with Crippen LogP contribution in [0, 0.1) is 17.0 Å². The smallest absolute Gasteiger partial charge is 0.340 e. The molecule has 2 aromatic heterocycles. The number of nitro benzene ring substituents is 1. The van der Waals surface area contributed by atoms with Crippen molar-refractivity contribution in [3.8, 4) is 5.75 Å². The molecule has 0 atom stereocenters. The third-order valence-electron chi connectivity index (χ3n) is 3.80. The van der Waals surface area contributed by atoms with Crippen molar-refractivity contribution in [2.24, 2.45) is 0 Å². The molecule has 0 saturated heterocycles. The Morgan fingerprint density at radius 1 is 1.24 bits per heavy atom. The Hall–Kier alpha value is -3.66. The zero-order valence-corrected chi connectivity index (χ0v) is 16.3. The highest BCUT2D eigenvalue weighted by Gasteiger charge is 2.20. The first-order valence-electron chi connectivity index (χ1n) is 8.34. The molecule has 3 rings (SSSR count). The first-order valence-corrected chi connectivity index (χ1v) is 9.15. The summed E-state index contributed by atoms with van der Waals surface area (Å²) in [5.41, 5.74) is 0.0928. The van der Waals surface area contributed by atoms with Crippen LogP contribution in [0.3, 0.4) is 0 Å². The topological polar surface area (TPSA) is 121 Å². The van der Waals surface area contributed by atoms with Gasteiger partial charge in [-0.05, 0) is 31.2 Å². The summed E-state index contributed by atoms with van der Waals surface area (Å²) in [5, 5.41) is 14.0. The van der Waals surface area contributed by atoms with Crippen LogP contribution < -0.4 is 10.1 Å². The molecule has 150 valence electrons. The van der Waals surface area contributed by atoms with Crippen LogP contribution in [0.15, 0.2) is 46.9 Å². The fourth-order valence-corrected chi connectivity index (χ4v) is 3.38. The minimum absolute atomic E-state index is 0.00744. The quantitative estimate of drug-likeness (QED) is 0.348. The molecular weight excluding hydrogens is 400 g/mol. The number of hydrogen-bond acceptors (Lipinski definition) is 8. The molecule has 0 aliphatic carbocycles. The van der Waals surface area contributed by atoms with Crippen molar-refractivity contribution >= 4 is 33.9 Å². The molecule has 0 saturated carbocycles. The van der Waals surface area contributed by atoms with E-state index >= 15 is 0 Å². The van der Waals surface area contributed by atoms with Crippen molar-refractivity contribution in [1.29, 1.82) is 0 Å². The summed E-state index contributed by atoms with van der Waals surface area (Å²) in [6.07, 6.45) is 0. The van der Waals surface area contributed by atoms with Gasteiger partial charge in [-0.1, -0.05) is 12.1 Å². The molecule has 1 amide bonds. The molecule has 0 unspecified atom stereocenters. The van der Waals surface area contributed by atoms with Crippen LogP contribution in [0.5, 0.6) is 5.75 Å². The molecule has 0 radical (unpaired) electrons. The molecule has 3 aromatic rings. The van der Waals surface area contributed by atoms with E-state index in [0.717, 1.165) is 4.88 Å². The number of hydrogen-bond donors (Lipinski definition) is 1. The monoisotopic (exact) mass is 416 g/mol. The number of carbonyl (C=O) groups is 2. The number of aryl methyl sites for hydroxylation is 1. The second-order valence-electron chi connectivity index (χ2n) is 5.83. The first-order chi connectivity index (χ1) is 13.9. The van der Waals surface area contributed by atoms with Crippen LogP contribution >= 0.6 is 11.3 Å². The van der Waals surface area contributed by atoms with Crippen molar-refractivity contribution in [3.05, 3.63) is 74.5 Å². The molecule has 1 aromatic carbocycles. The number of carbonyl (C=O) groups excluding carboxylic acids is 2. The zero-order valence-electron chi connectivity index (χ0n) is 15.5. The van der Waals surface area contributed by atoms with Gasteiger partial charge in [0.1, 0.15) is 17.4 Å². The third-order valence-corrected chi connectivity index (χ3v) is 4.77. The van der Waals surface area contributed by atoms with Gasteiger partial charge in [0.2, 0.25) is 0 Å². The second kappa shape index (κ2) is 8.57. The summed E-state index contributed by atoms with van der Waals surface area (Å²) in [6.45, 7) is 1.71. The Balaban J connectivity index is 1.68.